The predicted octanol–water partition coefficient (Wildman–Crippen LogP) is 4.51. The number of unbranched alkanes of at least 4 members (excludes halogenated alkanes) is 1. The number of carbonyl (C=O) groups is 1. The van der Waals surface area contributed by atoms with Gasteiger partial charge in [-0.3, -0.25) is 9.36 Å². The zero-order valence-electron chi connectivity index (χ0n) is 16.4. The van der Waals surface area contributed by atoms with E-state index >= 15 is 0 Å². The number of halogens is 5. The van der Waals surface area contributed by atoms with Gasteiger partial charge in [0.15, 0.2) is 0 Å². The smallest absolute Gasteiger partial charge is 0.300 e. The summed E-state index contributed by atoms with van der Waals surface area (Å²) in [5.41, 5.74) is -5.17. The van der Waals surface area contributed by atoms with Gasteiger partial charge in [0.05, 0.1) is 10.7 Å². The van der Waals surface area contributed by atoms with Gasteiger partial charge in [0, 0.05) is 23.9 Å². The monoisotopic (exact) mass is 466 g/mol. The van der Waals surface area contributed by atoms with Gasteiger partial charge in [0.2, 0.25) is 0 Å². The molecule has 164 valence electrons. The van der Waals surface area contributed by atoms with Crippen LogP contribution in [0, 0.1) is 12.7 Å². The maximum atomic E-state index is 14.5. The van der Waals surface area contributed by atoms with Crippen LogP contribution in [0.4, 0.5) is 17.6 Å². The third-order valence-corrected chi connectivity index (χ3v) is 5.95. The SMILES string of the molecule is CC(=O)CCCCSc1cc(-n2c(=O)c(C)c(C(F)(F)F)n(C)c2=O)c(F)cc1Cl. The van der Waals surface area contributed by atoms with Crippen molar-refractivity contribution in [1.29, 1.82) is 0 Å². The molecule has 0 radical (unpaired) electrons. The van der Waals surface area contributed by atoms with Gasteiger partial charge in [-0.2, -0.15) is 13.2 Å². The second kappa shape index (κ2) is 9.38. The maximum absolute atomic E-state index is 14.5. The second-order valence-corrected chi connectivity index (χ2v) is 8.24. The summed E-state index contributed by atoms with van der Waals surface area (Å²) >= 11 is 7.27. The lowest BCUT2D eigenvalue weighted by Crippen LogP contribution is -2.43. The molecule has 1 aromatic carbocycles. The first-order chi connectivity index (χ1) is 13.9. The van der Waals surface area contributed by atoms with Gasteiger partial charge in [0.1, 0.15) is 17.3 Å². The number of rotatable bonds is 7. The van der Waals surface area contributed by atoms with Crippen molar-refractivity contribution in [2.75, 3.05) is 5.75 Å². The molecular weight excluding hydrogens is 448 g/mol. The van der Waals surface area contributed by atoms with Crippen molar-refractivity contribution in [3.63, 3.8) is 0 Å². The van der Waals surface area contributed by atoms with Crippen LogP contribution in [-0.2, 0) is 18.0 Å². The topological polar surface area (TPSA) is 61.1 Å². The number of aromatic nitrogens is 2. The maximum Gasteiger partial charge on any atom is 0.432 e. The van der Waals surface area contributed by atoms with Crippen molar-refractivity contribution in [1.82, 2.24) is 9.13 Å². The van der Waals surface area contributed by atoms with E-state index in [1.807, 2.05) is 0 Å². The largest absolute Gasteiger partial charge is 0.432 e. The van der Waals surface area contributed by atoms with Crippen LogP contribution in [0.3, 0.4) is 0 Å². The van der Waals surface area contributed by atoms with Crippen LogP contribution in [0.15, 0.2) is 26.6 Å². The summed E-state index contributed by atoms with van der Waals surface area (Å²) in [6.07, 6.45) is -3.16. The Morgan fingerprint density at radius 1 is 1.20 bits per heavy atom. The van der Waals surface area contributed by atoms with Crippen LogP contribution < -0.4 is 11.2 Å². The second-order valence-electron chi connectivity index (χ2n) is 6.70. The molecule has 0 bridgehead atoms. The Hall–Kier alpha value is -2.07. The molecule has 0 fully saturated rings. The first kappa shape index (κ1) is 24.2. The Bertz CT molecular complexity index is 1060. The van der Waals surface area contributed by atoms with Gasteiger partial charge < -0.3 is 4.79 Å². The minimum absolute atomic E-state index is 0.0429. The number of thioether (sulfide) groups is 1. The number of benzene rings is 1. The fraction of sp³-hybridized carbons (Fsp3) is 0.421. The highest BCUT2D eigenvalue weighted by molar-refractivity contribution is 7.99. The standard InChI is InChI=1S/C19H19ClF4N2O3S/c1-10(27)6-4-5-7-30-15-9-14(13(21)8-12(15)20)26-17(28)11(2)16(19(22,23)24)25(3)18(26)29/h8-9H,4-7H2,1-3H3. The fourth-order valence-corrected chi connectivity index (χ4v) is 4.20. The molecule has 5 nitrogen and oxygen atoms in total. The summed E-state index contributed by atoms with van der Waals surface area (Å²) < 4.78 is 54.9. The Balaban J connectivity index is 2.51. The zero-order chi connectivity index (χ0) is 22.8. The zero-order valence-corrected chi connectivity index (χ0v) is 18.0. The van der Waals surface area contributed by atoms with Crippen LogP contribution in [0.1, 0.15) is 37.4 Å². The minimum atomic E-state index is -4.92. The number of ketones is 1. The fourth-order valence-electron chi connectivity index (χ4n) is 2.93. The molecule has 0 unspecified atom stereocenters. The molecule has 30 heavy (non-hydrogen) atoms. The highest BCUT2D eigenvalue weighted by atomic mass is 35.5. The minimum Gasteiger partial charge on any atom is -0.300 e. The molecule has 1 aromatic heterocycles. The van der Waals surface area contributed by atoms with Gasteiger partial charge in [0.25, 0.3) is 5.56 Å². The number of Topliss-reactive ketones (excluding diaryl/α,β-unsaturated/α-hetero) is 1. The van der Waals surface area contributed by atoms with Crippen LogP contribution in [-0.4, -0.2) is 20.7 Å². The Morgan fingerprint density at radius 3 is 2.40 bits per heavy atom. The van der Waals surface area contributed by atoms with E-state index in [-0.39, 0.29) is 15.4 Å². The van der Waals surface area contributed by atoms with Crippen molar-refractivity contribution in [2.45, 2.75) is 44.2 Å². The molecule has 0 aliphatic heterocycles. The number of carbonyl (C=O) groups excluding carboxylic acids is 1. The molecule has 0 aliphatic rings. The number of nitrogens with zero attached hydrogens (tertiary/aromatic N) is 2. The van der Waals surface area contributed by atoms with E-state index in [2.05, 4.69) is 0 Å². The average Bonchev–Trinajstić information content (AvgIpc) is 2.61. The van der Waals surface area contributed by atoms with E-state index in [4.69, 9.17) is 11.6 Å². The molecule has 0 amide bonds. The lowest BCUT2D eigenvalue weighted by Gasteiger charge is -2.17. The Morgan fingerprint density at radius 2 is 1.83 bits per heavy atom. The van der Waals surface area contributed by atoms with Gasteiger partial charge in [-0.15, -0.1) is 11.8 Å². The number of hydrogen-bond donors (Lipinski definition) is 0. The number of hydrogen-bond acceptors (Lipinski definition) is 4. The van der Waals surface area contributed by atoms with E-state index in [1.165, 1.54) is 24.8 Å². The molecule has 0 aliphatic carbocycles. The summed E-state index contributed by atoms with van der Waals surface area (Å²) in [6, 6.07) is 2.08. The number of alkyl halides is 3. The molecule has 0 N–H and O–H groups in total. The molecule has 11 heteroatoms. The normalized spacial score (nSPS) is 11.7. The van der Waals surface area contributed by atoms with Crippen molar-refractivity contribution < 1.29 is 22.4 Å². The van der Waals surface area contributed by atoms with Gasteiger partial charge in [-0.1, -0.05) is 11.6 Å². The van der Waals surface area contributed by atoms with Crippen LogP contribution >= 0.6 is 23.4 Å². The van der Waals surface area contributed by atoms with E-state index in [0.29, 0.717) is 34.5 Å². The lowest BCUT2D eigenvalue weighted by atomic mass is 10.2. The molecule has 0 spiro atoms. The van der Waals surface area contributed by atoms with E-state index in [1.54, 1.807) is 0 Å². The Labute approximate surface area is 178 Å². The van der Waals surface area contributed by atoms with Gasteiger partial charge >= 0.3 is 11.9 Å². The van der Waals surface area contributed by atoms with Gasteiger partial charge in [-0.25, -0.2) is 13.8 Å². The summed E-state index contributed by atoms with van der Waals surface area (Å²) in [6.45, 7) is 2.42. The molecule has 0 saturated carbocycles. The predicted molar refractivity (Wildman–Crippen MR) is 107 cm³/mol. The molecule has 2 aromatic rings. The first-order valence-electron chi connectivity index (χ1n) is 8.87. The van der Waals surface area contributed by atoms with Crippen molar-refractivity contribution in [3.05, 3.63) is 55.1 Å². The van der Waals surface area contributed by atoms with Crippen LogP contribution in [0.5, 0.6) is 0 Å². The van der Waals surface area contributed by atoms with Crippen molar-refractivity contribution in [2.24, 2.45) is 7.05 Å². The summed E-state index contributed by atoms with van der Waals surface area (Å²) in [5, 5.41) is 0.0429. The van der Waals surface area contributed by atoms with E-state index in [9.17, 15) is 31.9 Å². The quantitative estimate of drug-likeness (QED) is 0.342. The summed E-state index contributed by atoms with van der Waals surface area (Å²) in [5.74, 6) is -0.411. The van der Waals surface area contributed by atoms with Crippen molar-refractivity contribution in [3.8, 4) is 5.69 Å². The molecular formula is C19H19ClF4N2O3S. The molecule has 1 heterocycles. The summed E-state index contributed by atoms with van der Waals surface area (Å²) in [4.78, 5) is 36.4. The molecule has 0 atom stereocenters. The van der Waals surface area contributed by atoms with Crippen LogP contribution in [0.25, 0.3) is 5.69 Å². The highest BCUT2D eigenvalue weighted by Gasteiger charge is 2.38. The summed E-state index contributed by atoms with van der Waals surface area (Å²) in [7, 11) is 0.868. The van der Waals surface area contributed by atoms with E-state index in [0.717, 1.165) is 20.0 Å². The third-order valence-electron chi connectivity index (χ3n) is 4.38. The molecule has 0 saturated heterocycles. The Kier molecular flexibility index (Phi) is 7.57. The van der Waals surface area contributed by atoms with Crippen molar-refractivity contribution >= 4 is 29.1 Å². The van der Waals surface area contributed by atoms with Gasteiger partial charge in [-0.05, 0) is 44.6 Å². The third kappa shape index (κ3) is 5.15. The average molecular weight is 467 g/mol. The van der Waals surface area contributed by atoms with E-state index < -0.39 is 40.2 Å². The molecule has 2 rings (SSSR count). The first-order valence-corrected chi connectivity index (χ1v) is 10.2. The lowest BCUT2D eigenvalue weighted by molar-refractivity contribution is -0.144. The van der Waals surface area contributed by atoms with Crippen LogP contribution in [0.2, 0.25) is 5.02 Å². The highest BCUT2D eigenvalue weighted by Crippen LogP contribution is 2.32.